The Morgan fingerprint density at radius 3 is 2.38 bits per heavy atom. The van der Waals surface area contributed by atoms with Gasteiger partial charge in [0.15, 0.2) is 0 Å². The molecule has 0 saturated carbocycles. The van der Waals surface area contributed by atoms with Gasteiger partial charge >= 0.3 is 5.97 Å². The number of nitrogens with zero attached hydrogens (tertiary/aromatic N) is 1. The van der Waals surface area contributed by atoms with Crippen molar-refractivity contribution in [2.24, 2.45) is 0 Å². The Kier molecular flexibility index (Phi) is 6.71. The molecule has 0 spiro atoms. The fourth-order valence-electron chi connectivity index (χ4n) is 3.27. The molecule has 0 N–H and O–H groups in total. The molecule has 1 heterocycles. The summed E-state index contributed by atoms with van der Waals surface area (Å²) in [6, 6.07) is 21.9. The summed E-state index contributed by atoms with van der Waals surface area (Å²) in [5.41, 5.74) is 4.10. The number of benzene rings is 3. The summed E-state index contributed by atoms with van der Waals surface area (Å²) < 4.78 is 24.5. The molecule has 0 aliphatic rings. The molecule has 6 heteroatoms. The Hall–Kier alpha value is -3.38. The molecule has 0 fully saturated rings. The van der Waals surface area contributed by atoms with Crippen LogP contribution in [0.15, 0.2) is 77.8 Å². The highest BCUT2D eigenvalue weighted by atomic mass is 32.2. The molecular formula is C26H22FNO3S. The fraction of sp³-hybridized carbons (Fsp3) is 0.154. The number of pyridine rings is 1. The number of halogens is 1. The topological polar surface area (TPSA) is 48.4 Å². The lowest BCUT2D eigenvalue weighted by Crippen LogP contribution is -2.10. The molecular weight excluding hydrogens is 425 g/mol. The van der Waals surface area contributed by atoms with Gasteiger partial charge in [-0.15, -0.1) is 11.8 Å². The molecule has 3 aromatic carbocycles. The van der Waals surface area contributed by atoms with Crippen LogP contribution in [0.25, 0.3) is 10.9 Å². The van der Waals surface area contributed by atoms with Crippen LogP contribution in [0, 0.1) is 12.7 Å². The number of thioether (sulfide) groups is 1. The van der Waals surface area contributed by atoms with Gasteiger partial charge in [0.1, 0.15) is 28.8 Å². The van der Waals surface area contributed by atoms with Gasteiger partial charge in [0.2, 0.25) is 0 Å². The van der Waals surface area contributed by atoms with Gasteiger partial charge in [0, 0.05) is 11.1 Å². The largest absolute Gasteiger partial charge is 0.487 e. The molecule has 1 aromatic heterocycles. The predicted molar refractivity (Wildman–Crippen MR) is 125 cm³/mol. The molecule has 0 bridgehead atoms. The molecule has 4 nitrogen and oxygen atoms in total. The minimum absolute atomic E-state index is 0.287. The number of carbonyl (C=O) groups is 1. The van der Waals surface area contributed by atoms with E-state index in [1.165, 1.54) is 31.0 Å². The first-order valence-electron chi connectivity index (χ1n) is 10.1. The molecule has 0 radical (unpaired) electrons. The van der Waals surface area contributed by atoms with Crippen LogP contribution >= 0.6 is 11.8 Å². The second-order valence-corrected chi connectivity index (χ2v) is 8.28. The van der Waals surface area contributed by atoms with Crippen molar-refractivity contribution in [1.29, 1.82) is 0 Å². The molecule has 0 aliphatic heterocycles. The minimum atomic E-state index is -0.510. The zero-order valence-electron chi connectivity index (χ0n) is 17.8. The molecule has 0 amide bonds. The van der Waals surface area contributed by atoms with Crippen molar-refractivity contribution >= 4 is 28.6 Å². The number of ether oxygens (including phenoxy) is 2. The summed E-state index contributed by atoms with van der Waals surface area (Å²) in [6.45, 7) is 2.33. The van der Waals surface area contributed by atoms with Crippen molar-refractivity contribution in [3.8, 4) is 5.75 Å². The molecule has 0 aliphatic carbocycles. The van der Waals surface area contributed by atoms with E-state index in [0.717, 1.165) is 27.6 Å². The molecule has 0 unspecified atom stereocenters. The number of hydrogen-bond acceptors (Lipinski definition) is 5. The van der Waals surface area contributed by atoms with Crippen molar-refractivity contribution in [3.05, 3.63) is 101 Å². The predicted octanol–water partition coefficient (Wildman–Crippen LogP) is 6.34. The van der Waals surface area contributed by atoms with Crippen molar-refractivity contribution in [3.63, 3.8) is 0 Å². The number of methoxy groups -OCH3 is 1. The highest BCUT2D eigenvalue weighted by Gasteiger charge is 2.24. The van der Waals surface area contributed by atoms with Gasteiger partial charge in [-0.25, -0.2) is 14.2 Å². The third kappa shape index (κ3) is 4.92. The van der Waals surface area contributed by atoms with Gasteiger partial charge < -0.3 is 9.47 Å². The molecule has 0 saturated heterocycles. The van der Waals surface area contributed by atoms with Gasteiger partial charge in [0.25, 0.3) is 0 Å². The first kappa shape index (κ1) is 21.8. The summed E-state index contributed by atoms with van der Waals surface area (Å²) in [6.07, 6.45) is 0. The number of hydrogen-bond donors (Lipinski definition) is 0. The van der Waals surface area contributed by atoms with E-state index >= 15 is 0 Å². The Bertz CT molecular complexity index is 1240. The lowest BCUT2D eigenvalue weighted by atomic mass is 10.1. The van der Waals surface area contributed by atoms with Gasteiger partial charge in [0.05, 0.1) is 12.6 Å². The third-order valence-corrected chi connectivity index (χ3v) is 6.04. The van der Waals surface area contributed by atoms with E-state index in [-0.39, 0.29) is 5.82 Å². The lowest BCUT2D eigenvalue weighted by Gasteiger charge is -2.16. The van der Waals surface area contributed by atoms with Crippen LogP contribution in [-0.2, 0) is 17.1 Å². The zero-order valence-corrected chi connectivity index (χ0v) is 18.6. The number of fused-ring (bicyclic) bond motifs is 1. The van der Waals surface area contributed by atoms with Crippen molar-refractivity contribution < 1.29 is 18.7 Å². The monoisotopic (exact) mass is 447 g/mol. The van der Waals surface area contributed by atoms with Gasteiger partial charge in [-0.05, 0) is 42.3 Å². The summed E-state index contributed by atoms with van der Waals surface area (Å²) in [5.74, 6) is 0.172. The third-order valence-electron chi connectivity index (χ3n) is 4.99. The van der Waals surface area contributed by atoms with Crippen molar-refractivity contribution in [2.75, 3.05) is 7.11 Å². The van der Waals surface area contributed by atoms with Gasteiger partial charge in [-0.2, -0.15) is 0 Å². The zero-order chi connectivity index (χ0) is 22.5. The van der Waals surface area contributed by atoms with Crippen LogP contribution in [-0.4, -0.2) is 18.1 Å². The minimum Gasteiger partial charge on any atom is -0.487 e. The highest BCUT2D eigenvalue weighted by Crippen LogP contribution is 2.37. The van der Waals surface area contributed by atoms with E-state index in [2.05, 4.69) is 0 Å². The maximum atomic E-state index is 13.2. The maximum Gasteiger partial charge on any atom is 0.344 e. The lowest BCUT2D eigenvalue weighted by molar-refractivity contribution is 0.0590. The van der Waals surface area contributed by atoms with E-state index in [1.807, 2.05) is 55.5 Å². The molecule has 4 aromatic rings. The van der Waals surface area contributed by atoms with Crippen molar-refractivity contribution in [2.45, 2.75) is 24.3 Å². The summed E-state index contributed by atoms with van der Waals surface area (Å²) in [4.78, 5) is 17.5. The average Bonchev–Trinajstić information content (AvgIpc) is 2.82. The van der Waals surface area contributed by atoms with Crippen LogP contribution in [0.4, 0.5) is 4.39 Å². The first-order chi connectivity index (χ1) is 15.5. The maximum absolute atomic E-state index is 13.2. The Morgan fingerprint density at radius 1 is 0.969 bits per heavy atom. The Morgan fingerprint density at radius 2 is 1.66 bits per heavy atom. The number of esters is 1. The summed E-state index contributed by atoms with van der Waals surface area (Å²) in [7, 11) is 1.34. The van der Waals surface area contributed by atoms with E-state index in [0.29, 0.717) is 28.7 Å². The molecule has 32 heavy (non-hydrogen) atoms. The molecule has 4 rings (SSSR count). The quantitative estimate of drug-likeness (QED) is 0.244. The normalized spacial score (nSPS) is 10.8. The SMILES string of the molecule is COC(=O)c1c(SCc2ccc(F)cc2)nc2ccccc2c1OCc1ccc(C)cc1. The second-order valence-electron chi connectivity index (χ2n) is 7.32. The molecule has 162 valence electrons. The average molecular weight is 448 g/mol. The number of carbonyl (C=O) groups excluding carboxylic acids is 1. The van der Waals surface area contributed by atoms with Gasteiger partial charge in [-0.1, -0.05) is 54.1 Å². The first-order valence-corrected chi connectivity index (χ1v) is 11.1. The second kappa shape index (κ2) is 9.83. The van der Waals surface area contributed by atoms with Crippen LogP contribution in [0.5, 0.6) is 5.75 Å². The van der Waals surface area contributed by atoms with E-state index in [4.69, 9.17) is 14.5 Å². The van der Waals surface area contributed by atoms with Crippen LogP contribution in [0.3, 0.4) is 0 Å². The van der Waals surface area contributed by atoms with E-state index in [9.17, 15) is 9.18 Å². The van der Waals surface area contributed by atoms with Crippen LogP contribution < -0.4 is 4.74 Å². The summed E-state index contributed by atoms with van der Waals surface area (Å²) in [5, 5.41) is 1.25. The number of rotatable bonds is 7. The summed E-state index contributed by atoms with van der Waals surface area (Å²) >= 11 is 1.39. The highest BCUT2D eigenvalue weighted by molar-refractivity contribution is 7.98. The Balaban J connectivity index is 1.73. The standard InChI is InChI=1S/C26H22FNO3S/c1-17-7-9-18(10-8-17)15-31-24-21-5-3-4-6-22(21)28-25(23(24)26(29)30-2)32-16-19-11-13-20(27)14-12-19/h3-14H,15-16H2,1-2H3. The number of para-hydroxylation sites is 1. The number of aromatic nitrogens is 1. The van der Waals surface area contributed by atoms with E-state index < -0.39 is 5.97 Å². The van der Waals surface area contributed by atoms with Crippen LogP contribution in [0.2, 0.25) is 0 Å². The Labute approximate surface area is 190 Å². The fourth-order valence-corrected chi connectivity index (χ4v) is 4.25. The number of aryl methyl sites for hydroxylation is 1. The van der Waals surface area contributed by atoms with Crippen LogP contribution in [0.1, 0.15) is 27.0 Å². The van der Waals surface area contributed by atoms with Crippen molar-refractivity contribution in [1.82, 2.24) is 4.98 Å². The van der Waals surface area contributed by atoms with E-state index in [1.54, 1.807) is 12.1 Å². The molecule has 0 atom stereocenters. The van der Waals surface area contributed by atoms with Gasteiger partial charge in [-0.3, -0.25) is 0 Å². The smallest absolute Gasteiger partial charge is 0.344 e.